The van der Waals surface area contributed by atoms with E-state index >= 15 is 0 Å². The first-order valence-electron chi connectivity index (χ1n) is 11.2. The maximum Gasteiger partial charge on any atom is 0.269 e. The summed E-state index contributed by atoms with van der Waals surface area (Å²) in [6, 6.07) is 13.8. The number of benzene rings is 2. The van der Waals surface area contributed by atoms with Crippen LogP contribution in [0.4, 0.5) is 5.69 Å². The van der Waals surface area contributed by atoms with E-state index in [1.807, 2.05) is 30.3 Å². The molecule has 9 nitrogen and oxygen atoms in total. The van der Waals surface area contributed by atoms with Crippen molar-refractivity contribution in [3.63, 3.8) is 0 Å². The first-order chi connectivity index (χ1) is 16.5. The molecule has 0 atom stereocenters. The average Bonchev–Trinajstić information content (AvgIpc) is 2.79. The highest BCUT2D eigenvalue weighted by Crippen LogP contribution is 2.26. The number of hydrogen-bond acceptors (Lipinski definition) is 6. The average molecular weight is 461 g/mol. The third-order valence-electron chi connectivity index (χ3n) is 6.06. The Balaban J connectivity index is 1.60. The smallest absolute Gasteiger partial charge is 0.269 e. The molecule has 0 spiro atoms. The minimum Gasteiger partial charge on any atom is -0.403 e. The molecule has 0 saturated heterocycles. The second kappa shape index (κ2) is 10.2. The molecule has 3 aromatic rings. The van der Waals surface area contributed by atoms with Gasteiger partial charge >= 0.3 is 0 Å². The van der Waals surface area contributed by atoms with Gasteiger partial charge in [-0.2, -0.15) is 0 Å². The molecule has 9 heteroatoms. The highest BCUT2D eigenvalue weighted by atomic mass is 16.2. The van der Waals surface area contributed by atoms with Gasteiger partial charge in [-0.1, -0.05) is 36.8 Å². The summed E-state index contributed by atoms with van der Waals surface area (Å²) < 4.78 is 0. The third-order valence-corrected chi connectivity index (χ3v) is 6.06. The van der Waals surface area contributed by atoms with E-state index in [-0.39, 0.29) is 11.4 Å². The van der Waals surface area contributed by atoms with Crippen LogP contribution in [0.25, 0.3) is 10.8 Å². The fraction of sp³-hybridized carbons (Fsp3) is 0.240. The van der Waals surface area contributed by atoms with E-state index in [9.17, 15) is 14.4 Å². The van der Waals surface area contributed by atoms with Crippen molar-refractivity contribution in [3.8, 4) is 0 Å². The molecular weight excluding hydrogens is 432 g/mol. The molecule has 0 bridgehead atoms. The van der Waals surface area contributed by atoms with Crippen molar-refractivity contribution in [1.29, 1.82) is 0 Å². The largest absolute Gasteiger partial charge is 0.403 e. The van der Waals surface area contributed by atoms with E-state index < -0.39 is 17.4 Å². The second-order valence-corrected chi connectivity index (χ2v) is 8.40. The van der Waals surface area contributed by atoms with Gasteiger partial charge in [-0.05, 0) is 47.2 Å². The van der Waals surface area contributed by atoms with Gasteiger partial charge in [-0.15, -0.1) is 0 Å². The number of pyridine rings is 1. The van der Waals surface area contributed by atoms with Crippen LogP contribution >= 0.6 is 0 Å². The number of hydrogen-bond donors (Lipinski definition) is 5. The number of carbonyl (C=O) groups excluding carboxylic acids is 2. The van der Waals surface area contributed by atoms with E-state index in [0.717, 1.165) is 29.2 Å². The van der Waals surface area contributed by atoms with E-state index in [1.54, 1.807) is 12.3 Å². The maximum absolute atomic E-state index is 13.2. The molecule has 2 aromatic carbocycles. The number of nitrogens with two attached hydrogens (primary N) is 2. The molecule has 2 amide bonds. The van der Waals surface area contributed by atoms with Crippen LogP contribution in [0, 0.1) is 5.92 Å². The van der Waals surface area contributed by atoms with Gasteiger partial charge in [0.2, 0.25) is 5.56 Å². The quantitative estimate of drug-likeness (QED) is 0.258. The molecule has 1 heterocycles. The van der Waals surface area contributed by atoms with Crippen LogP contribution in [0.5, 0.6) is 0 Å². The molecule has 1 saturated carbocycles. The minimum atomic E-state index is -0.420. The monoisotopic (exact) mass is 460 g/mol. The molecule has 0 radical (unpaired) electrons. The van der Waals surface area contributed by atoms with Crippen molar-refractivity contribution in [2.45, 2.75) is 25.8 Å². The summed E-state index contributed by atoms with van der Waals surface area (Å²) >= 11 is 0. The predicted molar refractivity (Wildman–Crippen MR) is 132 cm³/mol. The van der Waals surface area contributed by atoms with Crippen molar-refractivity contribution in [2.24, 2.45) is 17.5 Å². The number of aromatic amines is 1. The first-order valence-corrected chi connectivity index (χ1v) is 11.2. The minimum absolute atomic E-state index is 0.0356. The van der Waals surface area contributed by atoms with Crippen LogP contribution in [0.3, 0.4) is 0 Å². The van der Waals surface area contributed by atoms with Crippen molar-refractivity contribution in [2.75, 3.05) is 11.9 Å². The molecule has 1 fully saturated rings. The Bertz CT molecular complexity index is 1300. The highest BCUT2D eigenvalue weighted by Gasteiger charge is 2.21. The topological polar surface area (TPSA) is 146 Å². The van der Waals surface area contributed by atoms with Gasteiger partial charge in [-0.25, -0.2) is 5.84 Å². The molecule has 4 rings (SSSR count). The number of nitrogens with zero attached hydrogens (tertiary/aromatic N) is 1. The van der Waals surface area contributed by atoms with Crippen LogP contribution < -0.4 is 27.8 Å². The fourth-order valence-electron chi connectivity index (χ4n) is 4.03. The van der Waals surface area contributed by atoms with Crippen molar-refractivity contribution in [3.05, 3.63) is 88.1 Å². The lowest BCUT2D eigenvalue weighted by Crippen LogP contribution is -2.34. The summed E-state index contributed by atoms with van der Waals surface area (Å²) in [5, 5.41) is 8.71. The van der Waals surface area contributed by atoms with Gasteiger partial charge < -0.3 is 26.4 Å². The normalized spacial score (nSPS) is 13.6. The Morgan fingerprint density at radius 1 is 1.06 bits per heavy atom. The molecule has 0 unspecified atom stereocenters. The number of anilines is 1. The Labute approximate surface area is 196 Å². The van der Waals surface area contributed by atoms with Crippen molar-refractivity contribution >= 4 is 28.3 Å². The molecule has 7 N–H and O–H groups in total. The SMILES string of the molecule is N/C=C\N(N)Cc1ccc(C(=O)Nc2ccc(=O)[nH]c2C(=O)NCC2CCC2)c2ccccc12. The van der Waals surface area contributed by atoms with Gasteiger partial charge in [-0.3, -0.25) is 14.4 Å². The van der Waals surface area contributed by atoms with Gasteiger partial charge in [0.05, 0.1) is 12.2 Å². The Kier molecular flexibility index (Phi) is 6.93. The number of rotatable bonds is 8. The summed E-state index contributed by atoms with van der Waals surface area (Å²) in [7, 11) is 0. The van der Waals surface area contributed by atoms with Gasteiger partial charge in [0.25, 0.3) is 11.8 Å². The van der Waals surface area contributed by atoms with Crippen LogP contribution in [-0.4, -0.2) is 28.4 Å². The number of carbonyl (C=O) groups is 2. The van der Waals surface area contributed by atoms with E-state index in [4.69, 9.17) is 11.6 Å². The lowest BCUT2D eigenvalue weighted by atomic mass is 9.85. The second-order valence-electron chi connectivity index (χ2n) is 8.40. The highest BCUT2D eigenvalue weighted by molar-refractivity contribution is 6.15. The molecular formula is C25H28N6O3. The van der Waals surface area contributed by atoms with E-state index in [2.05, 4.69) is 15.6 Å². The Hall–Kier alpha value is -4.11. The van der Waals surface area contributed by atoms with Crippen LogP contribution in [0.1, 0.15) is 45.7 Å². The summed E-state index contributed by atoms with van der Waals surface area (Å²) in [4.78, 5) is 40.4. The zero-order chi connectivity index (χ0) is 24.1. The standard InChI is InChI=1S/C25H28N6O3/c26-12-13-31(27)15-17-8-9-20(19-7-2-1-6-18(17)19)24(33)29-21-10-11-22(32)30-23(21)25(34)28-14-16-4-3-5-16/h1-2,6-13,16H,3-5,14-15,26-27H2,(H,28,34)(H,29,33)(H,30,32)/b13-12-. The Morgan fingerprint density at radius 2 is 1.82 bits per heavy atom. The van der Waals surface area contributed by atoms with E-state index in [0.29, 0.717) is 24.6 Å². The molecule has 0 aliphatic heterocycles. The molecule has 1 aliphatic rings. The van der Waals surface area contributed by atoms with Crippen LogP contribution in [0.2, 0.25) is 0 Å². The number of H-pyrrole nitrogens is 1. The van der Waals surface area contributed by atoms with Crippen LogP contribution in [0.15, 0.2) is 65.7 Å². The van der Waals surface area contributed by atoms with E-state index in [1.165, 1.54) is 29.8 Å². The summed E-state index contributed by atoms with van der Waals surface area (Å²) in [6.45, 7) is 0.952. The zero-order valence-corrected chi connectivity index (χ0v) is 18.7. The fourth-order valence-corrected chi connectivity index (χ4v) is 4.03. The number of fused-ring (bicyclic) bond motifs is 1. The predicted octanol–water partition coefficient (Wildman–Crippen LogP) is 2.42. The van der Waals surface area contributed by atoms with Gasteiger partial charge in [0, 0.05) is 30.6 Å². The molecule has 1 aliphatic carbocycles. The van der Waals surface area contributed by atoms with Crippen LogP contribution in [-0.2, 0) is 6.54 Å². The summed E-state index contributed by atoms with van der Waals surface area (Å²) in [5.41, 5.74) is 6.63. The summed E-state index contributed by atoms with van der Waals surface area (Å²) in [6.07, 6.45) is 6.26. The van der Waals surface area contributed by atoms with Gasteiger partial charge in [0.1, 0.15) is 5.69 Å². The number of hydrazine groups is 1. The zero-order valence-electron chi connectivity index (χ0n) is 18.7. The molecule has 34 heavy (non-hydrogen) atoms. The maximum atomic E-state index is 13.2. The number of aromatic nitrogens is 1. The first kappa shape index (κ1) is 23.1. The van der Waals surface area contributed by atoms with Crippen molar-refractivity contribution in [1.82, 2.24) is 15.3 Å². The lowest BCUT2D eigenvalue weighted by molar-refractivity contribution is 0.0935. The number of amides is 2. The van der Waals surface area contributed by atoms with Crippen molar-refractivity contribution < 1.29 is 9.59 Å². The third kappa shape index (κ3) is 5.10. The summed E-state index contributed by atoms with van der Waals surface area (Å²) in [5.74, 6) is 5.59. The number of nitrogens with one attached hydrogen (secondary N) is 3. The lowest BCUT2D eigenvalue weighted by Gasteiger charge is -2.25. The Morgan fingerprint density at radius 3 is 2.53 bits per heavy atom. The molecule has 176 valence electrons. The van der Waals surface area contributed by atoms with Gasteiger partial charge in [0.15, 0.2) is 0 Å². The molecule has 1 aromatic heterocycles.